The maximum absolute atomic E-state index is 11.4. The molecule has 17 heavy (non-hydrogen) atoms. The van der Waals surface area contributed by atoms with Gasteiger partial charge in [0.15, 0.2) is 0 Å². The normalized spacial score (nSPS) is 10.2. The highest BCUT2D eigenvalue weighted by atomic mass is 16.1. The number of benzene rings is 1. The fraction of sp³-hybridized carbons (Fsp3) is 0.167. The number of nitrogens with zero attached hydrogens (tertiary/aromatic N) is 2. The third kappa shape index (κ3) is 2.13. The van der Waals surface area contributed by atoms with Crippen LogP contribution in [0, 0.1) is 6.92 Å². The van der Waals surface area contributed by atoms with Crippen molar-refractivity contribution >= 4 is 11.6 Å². The van der Waals surface area contributed by atoms with Gasteiger partial charge in [0.1, 0.15) is 0 Å². The lowest BCUT2D eigenvalue weighted by atomic mass is 10.1. The topological polar surface area (TPSA) is 72.9 Å². The number of rotatable bonds is 2. The molecule has 0 radical (unpaired) electrons. The minimum Gasteiger partial charge on any atom is -0.397 e. The van der Waals surface area contributed by atoms with Gasteiger partial charge in [-0.15, -0.1) is 0 Å². The standard InChI is InChI=1S/C12H14N4O/c1-8-5-6-16(15-8)11-4-3-9(7-10(11)13)12(17)14-2/h3-7H,13H2,1-2H3,(H,14,17). The average Bonchev–Trinajstić information content (AvgIpc) is 2.74. The lowest BCUT2D eigenvalue weighted by Crippen LogP contribution is -2.18. The minimum atomic E-state index is -0.153. The van der Waals surface area contributed by atoms with Crippen molar-refractivity contribution in [1.82, 2.24) is 15.1 Å². The number of aryl methyl sites for hydroxylation is 1. The summed E-state index contributed by atoms with van der Waals surface area (Å²) in [4.78, 5) is 11.4. The molecule has 0 spiro atoms. The van der Waals surface area contributed by atoms with Crippen LogP contribution in [0.3, 0.4) is 0 Å². The van der Waals surface area contributed by atoms with Crippen LogP contribution in [0.1, 0.15) is 16.1 Å². The highest BCUT2D eigenvalue weighted by Gasteiger charge is 2.08. The van der Waals surface area contributed by atoms with Gasteiger partial charge < -0.3 is 11.1 Å². The van der Waals surface area contributed by atoms with Crippen LogP contribution in [0.2, 0.25) is 0 Å². The van der Waals surface area contributed by atoms with Crippen LogP contribution < -0.4 is 11.1 Å². The first-order valence-electron chi connectivity index (χ1n) is 5.26. The number of carbonyl (C=O) groups excluding carboxylic acids is 1. The zero-order chi connectivity index (χ0) is 12.4. The van der Waals surface area contributed by atoms with Crippen molar-refractivity contribution in [2.24, 2.45) is 0 Å². The van der Waals surface area contributed by atoms with Gasteiger partial charge in [0.2, 0.25) is 0 Å². The van der Waals surface area contributed by atoms with E-state index in [4.69, 9.17) is 5.73 Å². The smallest absolute Gasteiger partial charge is 0.251 e. The number of nitrogens with one attached hydrogen (secondary N) is 1. The molecule has 0 aliphatic rings. The fourth-order valence-corrected chi connectivity index (χ4v) is 1.60. The summed E-state index contributed by atoms with van der Waals surface area (Å²) in [6, 6.07) is 7.05. The average molecular weight is 230 g/mol. The van der Waals surface area contributed by atoms with E-state index in [1.54, 1.807) is 29.9 Å². The van der Waals surface area contributed by atoms with E-state index in [9.17, 15) is 4.79 Å². The molecule has 1 amide bonds. The summed E-state index contributed by atoms with van der Waals surface area (Å²) in [5, 5.41) is 6.83. The number of aromatic nitrogens is 2. The van der Waals surface area contributed by atoms with Crippen molar-refractivity contribution in [2.45, 2.75) is 6.92 Å². The monoisotopic (exact) mass is 230 g/mol. The molecular weight excluding hydrogens is 216 g/mol. The summed E-state index contributed by atoms with van der Waals surface area (Å²) < 4.78 is 1.69. The lowest BCUT2D eigenvalue weighted by molar-refractivity contribution is 0.0963. The Morgan fingerprint density at radius 1 is 1.41 bits per heavy atom. The number of amides is 1. The molecule has 2 rings (SSSR count). The highest BCUT2D eigenvalue weighted by molar-refractivity contribution is 5.95. The Morgan fingerprint density at radius 2 is 2.18 bits per heavy atom. The van der Waals surface area contributed by atoms with Gasteiger partial charge in [0, 0.05) is 18.8 Å². The van der Waals surface area contributed by atoms with Crippen LogP contribution in [-0.2, 0) is 0 Å². The second kappa shape index (κ2) is 4.29. The number of hydrogen-bond donors (Lipinski definition) is 2. The number of anilines is 1. The van der Waals surface area contributed by atoms with Gasteiger partial charge in [-0.05, 0) is 31.2 Å². The molecule has 5 nitrogen and oxygen atoms in total. The SMILES string of the molecule is CNC(=O)c1ccc(-n2ccc(C)n2)c(N)c1. The van der Waals surface area contributed by atoms with E-state index >= 15 is 0 Å². The van der Waals surface area contributed by atoms with E-state index in [0.717, 1.165) is 11.4 Å². The van der Waals surface area contributed by atoms with E-state index < -0.39 is 0 Å². The van der Waals surface area contributed by atoms with E-state index in [0.29, 0.717) is 11.3 Å². The molecule has 5 heteroatoms. The quantitative estimate of drug-likeness (QED) is 0.759. The van der Waals surface area contributed by atoms with Crippen LogP contribution in [0.4, 0.5) is 5.69 Å². The molecule has 0 unspecified atom stereocenters. The van der Waals surface area contributed by atoms with Gasteiger partial charge >= 0.3 is 0 Å². The minimum absolute atomic E-state index is 0.153. The van der Waals surface area contributed by atoms with Crippen molar-refractivity contribution in [3.63, 3.8) is 0 Å². The molecule has 0 saturated carbocycles. The zero-order valence-electron chi connectivity index (χ0n) is 9.77. The van der Waals surface area contributed by atoms with Crippen molar-refractivity contribution in [3.05, 3.63) is 41.7 Å². The predicted molar refractivity (Wildman–Crippen MR) is 66.1 cm³/mol. The van der Waals surface area contributed by atoms with E-state index in [2.05, 4.69) is 10.4 Å². The molecule has 0 atom stereocenters. The van der Waals surface area contributed by atoms with Gasteiger partial charge in [0.05, 0.1) is 17.1 Å². The van der Waals surface area contributed by atoms with E-state index in [-0.39, 0.29) is 5.91 Å². The van der Waals surface area contributed by atoms with Crippen LogP contribution in [0.15, 0.2) is 30.5 Å². The van der Waals surface area contributed by atoms with Crippen LogP contribution in [-0.4, -0.2) is 22.7 Å². The molecule has 0 aliphatic carbocycles. The molecule has 3 N–H and O–H groups in total. The second-order valence-corrected chi connectivity index (χ2v) is 3.75. The predicted octanol–water partition coefficient (Wildman–Crippen LogP) is 1.12. The summed E-state index contributed by atoms with van der Waals surface area (Å²) in [5.41, 5.74) is 8.66. The molecule has 2 aromatic rings. The Labute approximate surface area is 99.2 Å². The first-order chi connectivity index (χ1) is 8.11. The van der Waals surface area contributed by atoms with Crippen molar-refractivity contribution < 1.29 is 4.79 Å². The number of carbonyl (C=O) groups is 1. The van der Waals surface area contributed by atoms with E-state index in [1.807, 2.05) is 19.2 Å². The Kier molecular flexibility index (Phi) is 2.82. The Bertz CT molecular complexity index is 559. The molecule has 88 valence electrons. The Hall–Kier alpha value is -2.30. The van der Waals surface area contributed by atoms with Gasteiger partial charge in [0.25, 0.3) is 5.91 Å². The zero-order valence-corrected chi connectivity index (χ0v) is 9.77. The Morgan fingerprint density at radius 3 is 2.71 bits per heavy atom. The molecule has 0 fully saturated rings. The highest BCUT2D eigenvalue weighted by Crippen LogP contribution is 2.18. The van der Waals surface area contributed by atoms with Gasteiger partial charge in [-0.2, -0.15) is 5.10 Å². The summed E-state index contributed by atoms with van der Waals surface area (Å²) in [6.45, 7) is 1.91. The number of hydrogen-bond acceptors (Lipinski definition) is 3. The first kappa shape index (κ1) is 11.2. The molecule has 0 bridgehead atoms. The van der Waals surface area contributed by atoms with Gasteiger partial charge in [-0.3, -0.25) is 4.79 Å². The molecular formula is C12H14N4O. The largest absolute Gasteiger partial charge is 0.397 e. The Balaban J connectivity index is 2.41. The van der Waals surface area contributed by atoms with Crippen LogP contribution >= 0.6 is 0 Å². The molecule has 0 saturated heterocycles. The maximum atomic E-state index is 11.4. The first-order valence-corrected chi connectivity index (χ1v) is 5.26. The number of nitrogen functional groups attached to an aromatic ring is 1. The molecule has 0 aliphatic heterocycles. The summed E-state index contributed by atoms with van der Waals surface area (Å²) in [6.07, 6.45) is 1.83. The van der Waals surface area contributed by atoms with E-state index in [1.165, 1.54) is 0 Å². The number of nitrogens with two attached hydrogens (primary N) is 1. The van der Waals surface area contributed by atoms with Gasteiger partial charge in [-0.1, -0.05) is 0 Å². The third-order valence-corrected chi connectivity index (χ3v) is 2.49. The molecule has 1 heterocycles. The molecule has 1 aromatic heterocycles. The van der Waals surface area contributed by atoms with Gasteiger partial charge in [-0.25, -0.2) is 4.68 Å². The summed E-state index contributed by atoms with van der Waals surface area (Å²) in [7, 11) is 1.59. The van der Waals surface area contributed by atoms with Crippen LogP contribution in [0.5, 0.6) is 0 Å². The fourth-order valence-electron chi connectivity index (χ4n) is 1.60. The molecule has 1 aromatic carbocycles. The second-order valence-electron chi connectivity index (χ2n) is 3.75. The summed E-state index contributed by atoms with van der Waals surface area (Å²) in [5.74, 6) is -0.153. The van der Waals surface area contributed by atoms with Crippen molar-refractivity contribution in [1.29, 1.82) is 0 Å². The third-order valence-electron chi connectivity index (χ3n) is 2.49. The maximum Gasteiger partial charge on any atom is 0.251 e. The van der Waals surface area contributed by atoms with Crippen LogP contribution in [0.25, 0.3) is 5.69 Å². The van der Waals surface area contributed by atoms with Crippen molar-refractivity contribution in [3.8, 4) is 5.69 Å². The summed E-state index contributed by atoms with van der Waals surface area (Å²) >= 11 is 0. The lowest BCUT2D eigenvalue weighted by Gasteiger charge is -2.07. The van der Waals surface area contributed by atoms with Crippen molar-refractivity contribution in [2.75, 3.05) is 12.8 Å².